The molecule has 0 spiro atoms. The number of benzene rings is 1. The normalized spacial score (nSPS) is 12.7. The molecule has 0 amide bonds. The number of hydrogen-bond donors (Lipinski definition) is 2. The molecule has 3 N–H and O–H groups in total. The van der Waals surface area contributed by atoms with Crippen LogP contribution in [0.25, 0.3) is 0 Å². The van der Waals surface area contributed by atoms with Gasteiger partial charge in [-0.15, -0.1) is 12.4 Å². The van der Waals surface area contributed by atoms with Crippen LogP contribution in [0.3, 0.4) is 0 Å². The van der Waals surface area contributed by atoms with Gasteiger partial charge < -0.3 is 10.8 Å². The maximum atomic E-state index is 13.3. The van der Waals surface area contributed by atoms with Gasteiger partial charge in [-0.05, 0) is 0 Å². The van der Waals surface area contributed by atoms with E-state index >= 15 is 0 Å². The van der Waals surface area contributed by atoms with E-state index in [0.29, 0.717) is 0 Å². The molecule has 1 atom stereocenters. The van der Waals surface area contributed by atoms with E-state index in [-0.39, 0.29) is 12.4 Å². The smallest absolute Gasteiger partial charge is 0.327 e. The van der Waals surface area contributed by atoms with Gasteiger partial charge in [0.15, 0.2) is 6.04 Å². The lowest BCUT2D eigenvalue weighted by Gasteiger charge is -2.20. The second-order valence-corrected chi connectivity index (χ2v) is 2.80. The van der Waals surface area contributed by atoms with Gasteiger partial charge in [-0.2, -0.15) is 8.78 Å². The van der Waals surface area contributed by atoms with E-state index < -0.39 is 23.5 Å². The Labute approximate surface area is 91.3 Å². The van der Waals surface area contributed by atoms with Gasteiger partial charge in [-0.25, -0.2) is 0 Å². The molecule has 84 valence electrons. The van der Waals surface area contributed by atoms with Crippen LogP contribution in [0.4, 0.5) is 8.78 Å². The van der Waals surface area contributed by atoms with Crippen LogP contribution in [0.1, 0.15) is 5.56 Å². The molecule has 0 fully saturated rings. The number of aliphatic carboxylic acids is 1. The monoisotopic (exact) mass is 237 g/mol. The molecule has 1 rings (SSSR count). The number of nitrogens with two attached hydrogens (primary N) is 1. The van der Waals surface area contributed by atoms with Crippen LogP contribution in [0.15, 0.2) is 30.3 Å². The fraction of sp³-hybridized carbons (Fsp3) is 0.222. The Hall–Kier alpha value is -1.20. The number of alkyl halides is 2. The number of carbonyl (C=O) groups is 1. The molecule has 6 heteroatoms. The average molecular weight is 238 g/mol. The molecule has 0 saturated carbocycles. The van der Waals surface area contributed by atoms with Crippen LogP contribution in [-0.2, 0) is 10.7 Å². The van der Waals surface area contributed by atoms with Gasteiger partial charge in [-0.1, -0.05) is 30.3 Å². The molecule has 3 nitrogen and oxygen atoms in total. The van der Waals surface area contributed by atoms with E-state index in [2.05, 4.69) is 0 Å². The van der Waals surface area contributed by atoms with Gasteiger partial charge in [0.2, 0.25) is 0 Å². The molecule has 1 aromatic carbocycles. The van der Waals surface area contributed by atoms with Crippen molar-refractivity contribution < 1.29 is 18.7 Å². The Balaban J connectivity index is 0.00000196. The van der Waals surface area contributed by atoms with Crippen molar-refractivity contribution in [3.05, 3.63) is 35.9 Å². The molecular weight excluding hydrogens is 228 g/mol. The maximum Gasteiger partial charge on any atom is 0.327 e. The summed E-state index contributed by atoms with van der Waals surface area (Å²) < 4.78 is 26.6. The summed E-state index contributed by atoms with van der Waals surface area (Å²) in [7, 11) is 0. The fourth-order valence-electron chi connectivity index (χ4n) is 0.995. The Morgan fingerprint density at radius 3 is 2.20 bits per heavy atom. The number of halogens is 3. The minimum absolute atomic E-state index is 0. The van der Waals surface area contributed by atoms with Gasteiger partial charge in [0.05, 0.1) is 0 Å². The third-order valence-corrected chi connectivity index (χ3v) is 1.82. The molecule has 0 unspecified atom stereocenters. The first kappa shape index (κ1) is 13.8. The van der Waals surface area contributed by atoms with Crippen LogP contribution in [0.5, 0.6) is 0 Å². The van der Waals surface area contributed by atoms with E-state index in [1.165, 1.54) is 12.1 Å². The lowest BCUT2D eigenvalue weighted by Crippen LogP contribution is -2.45. The summed E-state index contributed by atoms with van der Waals surface area (Å²) in [6.07, 6.45) is 0. The van der Waals surface area contributed by atoms with Crippen molar-refractivity contribution in [3.63, 3.8) is 0 Å². The Bertz CT molecular complexity index is 332. The molecule has 0 aliphatic carbocycles. The Kier molecular flexibility index (Phi) is 4.64. The van der Waals surface area contributed by atoms with Crippen molar-refractivity contribution in [3.8, 4) is 0 Å². The summed E-state index contributed by atoms with van der Waals surface area (Å²) in [5.41, 5.74) is 4.48. The van der Waals surface area contributed by atoms with Crippen LogP contribution in [-0.4, -0.2) is 17.1 Å². The van der Waals surface area contributed by atoms with Crippen LogP contribution in [0, 0.1) is 0 Å². The van der Waals surface area contributed by atoms with E-state index in [1.54, 1.807) is 6.07 Å². The zero-order chi connectivity index (χ0) is 10.8. The van der Waals surface area contributed by atoms with Crippen LogP contribution < -0.4 is 5.73 Å². The van der Waals surface area contributed by atoms with Crippen molar-refractivity contribution in [2.75, 3.05) is 0 Å². The summed E-state index contributed by atoms with van der Waals surface area (Å²) in [5.74, 6) is -5.27. The van der Waals surface area contributed by atoms with E-state index in [9.17, 15) is 13.6 Å². The quantitative estimate of drug-likeness (QED) is 0.840. The molecule has 0 aliphatic rings. The first-order chi connectivity index (χ1) is 6.46. The third kappa shape index (κ3) is 2.87. The first-order valence-electron chi connectivity index (χ1n) is 3.88. The van der Waals surface area contributed by atoms with E-state index in [1.807, 2.05) is 0 Å². The fourth-order valence-corrected chi connectivity index (χ4v) is 0.995. The predicted octanol–water partition coefficient (Wildman–Crippen LogP) is 1.61. The summed E-state index contributed by atoms with van der Waals surface area (Å²) in [6, 6.07) is 4.43. The first-order valence-corrected chi connectivity index (χ1v) is 3.88. The minimum atomic E-state index is -3.55. The zero-order valence-electron chi connectivity index (χ0n) is 7.56. The van der Waals surface area contributed by atoms with Crippen molar-refractivity contribution in [2.45, 2.75) is 12.0 Å². The topological polar surface area (TPSA) is 63.3 Å². The molecule has 0 aliphatic heterocycles. The number of rotatable bonds is 3. The molecule has 0 radical (unpaired) electrons. The van der Waals surface area contributed by atoms with Crippen LogP contribution in [0.2, 0.25) is 0 Å². The second kappa shape index (κ2) is 5.04. The van der Waals surface area contributed by atoms with Gasteiger partial charge >= 0.3 is 5.97 Å². The Morgan fingerprint density at radius 2 is 1.80 bits per heavy atom. The highest BCUT2D eigenvalue weighted by Gasteiger charge is 2.43. The Morgan fingerprint density at radius 1 is 1.33 bits per heavy atom. The van der Waals surface area contributed by atoms with Gasteiger partial charge in [0.25, 0.3) is 5.92 Å². The highest BCUT2D eigenvalue weighted by atomic mass is 35.5. The summed E-state index contributed by atoms with van der Waals surface area (Å²) >= 11 is 0. The van der Waals surface area contributed by atoms with E-state index in [0.717, 1.165) is 12.1 Å². The molecule has 0 saturated heterocycles. The summed E-state index contributed by atoms with van der Waals surface area (Å²) in [6.45, 7) is 0. The van der Waals surface area contributed by atoms with Crippen LogP contribution >= 0.6 is 12.4 Å². The highest BCUT2D eigenvalue weighted by molar-refractivity contribution is 5.85. The maximum absolute atomic E-state index is 13.3. The summed E-state index contributed by atoms with van der Waals surface area (Å²) in [4.78, 5) is 10.3. The molecule has 15 heavy (non-hydrogen) atoms. The molecule has 0 bridgehead atoms. The third-order valence-electron chi connectivity index (χ3n) is 1.82. The number of hydrogen-bond acceptors (Lipinski definition) is 2. The van der Waals surface area contributed by atoms with Gasteiger partial charge in [-0.3, -0.25) is 4.79 Å². The summed E-state index contributed by atoms with van der Waals surface area (Å²) in [5, 5.41) is 8.37. The predicted molar refractivity (Wildman–Crippen MR) is 53.2 cm³/mol. The molecule has 0 heterocycles. The van der Waals surface area contributed by atoms with Crippen molar-refractivity contribution in [2.24, 2.45) is 5.73 Å². The van der Waals surface area contributed by atoms with Gasteiger partial charge in [0, 0.05) is 5.56 Å². The van der Waals surface area contributed by atoms with Crippen molar-refractivity contribution in [1.29, 1.82) is 0 Å². The lowest BCUT2D eigenvalue weighted by atomic mass is 10.0. The number of carboxylic acid groups (broad SMARTS) is 1. The van der Waals surface area contributed by atoms with Crippen molar-refractivity contribution in [1.82, 2.24) is 0 Å². The number of carboxylic acids is 1. The van der Waals surface area contributed by atoms with Crippen molar-refractivity contribution >= 4 is 18.4 Å². The largest absolute Gasteiger partial charge is 0.480 e. The molecular formula is C9H10ClF2NO2. The minimum Gasteiger partial charge on any atom is -0.480 e. The zero-order valence-corrected chi connectivity index (χ0v) is 8.38. The SMILES string of the molecule is Cl.N[C@H](C(=O)O)C(F)(F)c1ccccc1. The standard InChI is InChI=1S/C9H9F2NO2.ClH/c10-9(11,7(12)8(13)14)6-4-2-1-3-5-6;/h1-5,7H,12H2,(H,13,14);1H/t7-;/m1./s1. The average Bonchev–Trinajstić information content (AvgIpc) is 2.18. The highest BCUT2D eigenvalue weighted by Crippen LogP contribution is 2.30. The lowest BCUT2D eigenvalue weighted by molar-refractivity contribution is -0.149. The molecule has 1 aromatic rings. The molecule has 0 aromatic heterocycles. The van der Waals surface area contributed by atoms with Gasteiger partial charge in [0.1, 0.15) is 0 Å². The van der Waals surface area contributed by atoms with E-state index in [4.69, 9.17) is 10.8 Å². The second-order valence-electron chi connectivity index (χ2n) is 2.80.